The highest BCUT2D eigenvalue weighted by Crippen LogP contribution is 2.27. The molecule has 84 valence electrons. The molecule has 0 bridgehead atoms. The molecule has 2 unspecified atom stereocenters. The molecule has 0 heterocycles. The molecule has 0 radical (unpaired) electrons. The Bertz CT molecular complexity index is 261. The number of nitrogens with zero attached hydrogens (tertiary/aromatic N) is 2. The van der Waals surface area contributed by atoms with Crippen LogP contribution in [0.25, 0.3) is 0 Å². The molecule has 0 fully saturated rings. The van der Waals surface area contributed by atoms with E-state index in [0.717, 1.165) is 12.2 Å². The third-order valence-corrected chi connectivity index (χ3v) is 4.07. The minimum atomic E-state index is -0.0435. The lowest BCUT2D eigenvalue weighted by molar-refractivity contribution is 0.562. The molecule has 0 amide bonds. The second-order valence-corrected chi connectivity index (χ2v) is 6.13. The lowest BCUT2D eigenvalue weighted by Gasteiger charge is -2.11. The van der Waals surface area contributed by atoms with Gasteiger partial charge in [-0.1, -0.05) is 0 Å². The summed E-state index contributed by atoms with van der Waals surface area (Å²) in [6.45, 7) is 4.47. The first-order valence-corrected chi connectivity index (χ1v) is 6.57. The minimum absolute atomic E-state index is 0.0435. The molecule has 0 saturated carbocycles. The highest BCUT2D eigenvalue weighted by atomic mass is 32.2. The van der Waals surface area contributed by atoms with Crippen LogP contribution in [0.3, 0.4) is 0 Å². The number of carbonyl (C=O) groups excluding carboxylic acids is 2. The highest BCUT2D eigenvalue weighted by molar-refractivity contribution is 8.17. The van der Waals surface area contributed by atoms with E-state index >= 15 is 0 Å². The molecule has 0 N–H and O–H groups in total. The zero-order valence-electron chi connectivity index (χ0n) is 8.80. The van der Waals surface area contributed by atoms with Gasteiger partial charge in [0.1, 0.15) is 5.37 Å². The summed E-state index contributed by atoms with van der Waals surface area (Å²) in [7, 11) is 0. The van der Waals surface area contributed by atoms with Gasteiger partial charge >= 0.3 is 0 Å². The first-order valence-electron chi connectivity index (χ1n) is 4.58. The van der Waals surface area contributed by atoms with Crippen LogP contribution >= 0.6 is 23.5 Å². The van der Waals surface area contributed by atoms with Crippen LogP contribution in [0.5, 0.6) is 0 Å². The monoisotopic (exact) mass is 246 g/mol. The number of hydrogen-bond donors (Lipinski definition) is 0. The zero-order chi connectivity index (χ0) is 11.5. The average molecular weight is 246 g/mol. The predicted octanol–water partition coefficient (Wildman–Crippen LogP) is 2.21. The van der Waals surface area contributed by atoms with Crippen LogP contribution in [0.15, 0.2) is 9.98 Å². The maximum atomic E-state index is 9.97. The highest BCUT2D eigenvalue weighted by Gasteiger charge is 2.07. The third-order valence-electron chi connectivity index (χ3n) is 1.45. The van der Waals surface area contributed by atoms with Gasteiger partial charge in [0, 0.05) is 4.58 Å². The van der Waals surface area contributed by atoms with Crippen LogP contribution in [0, 0.1) is 0 Å². The van der Waals surface area contributed by atoms with E-state index in [1.54, 1.807) is 29.6 Å². The van der Waals surface area contributed by atoms with E-state index in [4.69, 9.17) is 0 Å². The number of thioether (sulfide) groups is 2. The SMILES string of the molecule is CC(N=C=O)SC(C)SCCCN=C=O. The Labute approximate surface area is 98.0 Å². The average Bonchev–Trinajstić information content (AvgIpc) is 2.17. The minimum Gasteiger partial charge on any atom is -0.211 e. The molecule has 0 rings (SSSR count). The predicted molar refractivity (Wildman–Crippen MR) is 64.7 cm³/mol. The molecular formula is C9H14N2O2S2. The van der Waals surface area contributed by atoms with E-state index in [0.29, 0.717) is 11.1 Å². The van der Waals surface area contributed by atoms with Crippen molar-refractivity contribution in [3.63, 3.8) is 0 Å². The zero-order valence-corrected chi connectivity index (χ0v) is 10.4. The first kappa shape index (κ1) is 14.5. The van der Waals surface area contributed by atoms with Crippen molar-refractivity contribution < 1.29 is 9.59 Å². The molecule has 6 heteroatoms. The molecule has 0 aliphatic rings. The van der Waals surface area contributed by atoms with Gasteiger partial charge in [0.15, 0.2) is 0 Å². The van der Waals surface area contributed by atoms with Crippen LogP contribution in [-0.2, 0) is 9.59 Å². The summed E-state index contributed by atoms with van der Waals surface area (Å²) < 4.78 is 0.373. The third kappa shape index (κ3) is 9.76. The van der Waals surface area contributed by atoms with Crippen LogP contribution in [0.1, 0.15) is 20.3 Å². The lowest BCUT2D eigenvalue weighted by Crippen LogP contribution is -2.00. The van der Waals surface area contributed by atoms with Gasteiger partial charge < -0.3 is 0 Å². The summed E-state index contributed by atoms with van der Waals surface area (Å²) in [5, 5.41) is -0.0435. The molecule has 0 aromatic heterocycles. The summed E-state index contributed by atoms with van der Waals surface area (Å²) in [6, 6.07) is 0. The largest absolute Gasteiger partial charge is 0.236 e. The molecule has 0 aliphatic carbocycles. The van der Waals surface area contributed by atoms with Gasteiger partial charge in [0.25, 0.3) is 0 Å². The second-order valence-electron chi connectivity index (χ2n) is 2.72. The van der Waals surface area contributed by atoms with Gasteiger partial charge in [-0.2, -0.15) is 4.99 Å². The molecule has 0 saturated heterocycles. The molecule has 0 aliphatic heterocycles. The molecule has 0 spiro atoms. The molecule has 15 heavy (non-hydrogen) atoms. The van der Waals surface area contributed by atoms with E-state index in [-0.39, 0.29) is 5.37 Å². The topological polar surface area (TPSA) is 58.9 Å². The molecule has 0 aromatic rings. The maximum absolute atomic E-state index is 9.97. The van der Waals surface area contributed by atoms with Gasteiger partial charge in [0.2, 0.25) is 12.2 Å². The van der Waals surface area contributed by atoms with Crippen LogP contribution in [-0.4, -0.2) is 34.4 Å². The molecule has 4 nitrogen and oxygen atoms in total. The fourth-order valence-electron chi connectivity index (χ4n) is 0.860. The molecule has 0 aromatic carbocycles. The Kier molecular flexibility index (Phi) is 9.63. The maximum Gasteiger partial charge on any atom is 0.236 e. The quantitative estimate of drug-likeness (QED) is 0.285. The Balaban J connectivity index is 3.52. The second kappa shape index (κ2) is 9.99. The van der Waals surface area contributed by atoms with Crippen LogP contribution < -0.4 is 0 Å². The van der Waals surface area contributed by atoms with Crippen molar-refractivity contribution >= 4 is 35.7 Å². The summed E-state index contributed by atoms with van der Waals surface area (Å²) in [5.41, 5.74) is 0. The lowest BCUT2D eigenvalue weighted by atomic mass is 10.5. The van der Waals surface area contributed by atoms with Crippen molar-refractivity contribution in [1.82, 2.24) is 0 Å². The molecular weight excluding hydrogens is 232 g/mol. The fraction of sp³-hybridized carbons (Fsp3) is 0.778. The van der Waals surface area contributed by atoms with Crippen LogP contribution in [0.4, 0.5) is 0 Å². The summed E-state index contributed by atoms with van der Waals surface area (Å²) in [6.07, 6.45) is 3.92. The van der Waals surface area contributed by atoms with Gasteiger partial charge in [0.05, 0.1) is 6.54 Å². The van der Waals surface area contributed by atoms with Crippen molar-refractivity contribution in [3.8, 4) is 0 Å². The van der Waals surface area contributed by atoms with Crippen molar-refractivity contribution in [2.45, 2.75) is 30.2 Å². The Morgan fingerprint density at radius 3 is 2.60 bits per heavy atom. The smallest absolute Gasteiger partial charge is 0.211 e. The summed E-state index contributed by atoms with van der Waals surface area (Å²) >= 11 is 3.38. The number of rotatable bonds is 8. The van der Waals surface area contributed by atoms with Gasteiger partial charge in [-0.3, -0.25) is 0 Å². The Hall–Kier alpha value is -0.540. The van der Waals surface area contributed by atoms with E-state index < -0.39 is 0 Å². The van der Waals surface area contributed by atoms with Crippen LogP contribution in [0.2, 0.25) is 0 Å². The van der Waals surface area contributed by atoms with Gasteiger partial charge in [-0.25, -0.2) is 14.6 Å². The van der Waals surface area contributed by atoms with Crippen molar-refractivity contribution in [1.29, 1.82) is 0 Å². The number of hydrogen-bond acceptors (Lipinski definition) is 6. The number of isocyanates is 2. The normalized spacial score (nSPS) is 13.5. The van der Waals surface area contributed by atoms with Crippen molar-refractivity contribution in [3.05, 3.63) is 0 Å². The van der Waals surface area contributed by atoms with Gasteiger partial charge in [-0.05, 0) is 26.0 Å². The first-order chi connectivity index (χ1) is 7.20. The fourth-order valence-corrected chi connectivity index (χ4v) is 3.23. The van der Waals surface area contributed by atoms with E-state index in [9.17, 15) is 9.59 Å². The van der Waals surface area contributed by atoms with E-state index in [1.807, 2.05) is 6.92 Å². The van der Waals surface area contributed by atoms with Crippen molar-refractivity contribution in [2.24, 2.45) is 9.98 Å². The van der Waals surface area contributed by atoms with E-state index in [2.05, 4.69) is 16.9 Å². The summed E-state index contributed by atoms with van der Waals surface area (Å²) in [5.74, 6) is 0.941. The van der Waals surface area contributed by atoms with Crippen molar-refractivity contribution in [2.75, 3.05) is 12.3 Å². The van der Waals surface area contributed by atoms with E-state index in [1.165, 1.54) is 6.08 Å². The molecule has 2 atom stereocenters. The standard InChI is InChI=1S/C9H14N2O2S2/c1-8(11-7-13)15-9(2)14-5-3-4-10-6-12/h8-9H,3-5H2,1-2H3. The van der Waals surface area contributed by atoms with Gasteiger partial charge in [-0.15, -0.1) is 23.5 Å². The Morgan fingerprint density at radius 2 is 2.00 bits per heavy atom. The summed E-state index contributed by atoms with van der Waals surface area (Å²) in [4.78, 5) is 26.8. The number of aliphatic imine (C=N–C) groups is 2. The Morgan fingerprint density at radius 1 is 1.27 bits per heavy atom.